The Labute approximate surface area is 95.8 Å². The standard InChI is InChI=1S/C12H9F2NO2/c13-7-1-3-10(14)9(5-7)12(16)11-4-2-8(6-15)17-11/h1-5H,6,15H2. The highest BCUT2D eigenvalue weighted by Crippen LogP contribution is 2.17. The van der Waals surface area contributed by atoms with Crippen LogP contribution in [-0.2, 0) is 6.54 Å². The van der Waals surface area contributed by atoms with Gasteiger partial charge in [-0.3, -0.25) is 4.79 Å². The molecule has 0 aliphatic heterocycles. The molecule has 1 aromatic heterocycles. The van der Waals surface area contributed by atoms with Crippen molar-refractivity contribution in [2.45, 2.75) is 6.54 Å². The van der Waals surface area contributed by atoms with E-state index in [1.54, 1.807) is 0 Å². The van der Waals surface area contributed by atoms with Gasteiger partial charge >= 0.3 is 0 Å². The summed E-state index contributed by atoms with van der Waals surface area (Å²) in [7, 11) is 0. The van der Waals surface area contributed by atoms with Crippen molar-refractivity contribution in [2.24, 2.45) is 5.73 Å². The summed E-state index contributed by atoms with van der Waals surface area (Å²) in [4.78, 5) is 11.8. The first-order valence-corrected chi connectivity index (χ1v) is 4.90. The summed E-state index contributed by atoms with van der Waals surface area (Å²) in [6, 6.07) is 5.58. The minimum atomic E-state index is -0.790. The SMILES string of the molecule is NCc1ccc(C(=O)c2cc(F)ccc2F)o1. The van der Waals surface area contributed by atoms with Gasteiger partial charge in [0.2, 0.25) is 5.78 Å². The van der Waals surface area contributed by atoms with Gasteiger partial charge in [-0.05, 0) is 30.3 Å². The monoisotopic (exact) mass is 237 g/mol. The van der Waals surface area contributed by atoms with E-state index in [-0.39, 0.29) is 17.9 Å². The Hall–Kier alpha value is -2.01. The highest BCUT2D eigenvalue weighted by molar-refractivity contribution is 6.07. The summed E-state index contributed by atoms with van der Waals surface area (Å²) in [6.07, 6.45) is 0. The van der Waals surface area contributed by atoms with Crippen LogP contribution in [0.5, 0.6) is 0 Å². The van der Waals surface area contributed by atoms with Gasteiger partial charge in [-0.15, -0.1) is 0 Å². The van der Waals surface area contributed by atoms with E-state index in [9.17, 15) is 13.6 Å². The van der Waals surface area contributed by atoms with E-state index in [0.717, 1.165) is 18.2 Å². The van der Waals surface area contributed by atoms with Crippen LogP contribution in [0.1, 0.15) is 21.9 Å². The van der Waals surface area contributed by atoms with Crippen molar-refractivity contribution in [3.63, 3.8) is 0 Å². The Morgan fingerprint density at radius 2 is 2.00 bits per heavy atom. The van der Waals surface area contributed by atoms with E-state index in [1.807, 2.05) is 0 Å². The molecule has 0 aliphatic carbocycles. The van der Waals surface area contributed by atoms with Crippen LogP contribution in [0.4, 0.5) is 8.78 Å². The third-order valence-corrected chi connectivity index (χ3v) is 2.26. The lowest BCUT2D eigenvalue weighted by Gasteiger charge is -2.00. The number of ketones is 1. The number of furan rings is 1. The van der Waals surface area contributed by atoms with Crippen LogP contribution in [0, 0.1) is 11.6 Å². The molecule has 5 heteroatoms. The maximum atomic E-state index is 13.3. The van der Waals surface area contributed by atoms with Gasteiger partial charge in [-0.25, -0.2) is 8.78 Å². The number of hydrogen-bond donors (Lipinski definition) is 1. The second-order valence-corrected chi connectivity index (χ2v) is 3.42. The van der Waals surface area contributed by atoms with Crippen molar-refractivity contribution in [2.75, 3.05) is 0 Å². The van der Waals surface area contributed by atoms with E-state index in [2.05, 4.69) is 0 Å². The van der Waals surface area contributed by atoms with Crippen molar-refractivity contribution in [1.29, 1.82) is 0 Å². The zero-order valence-corrected chi connectivity index (χ0v) is 8.74. The van der Waals surface area contributed by atoms with Crippen molar-refractivity contribution < 1.29 is 18.0 Å². The van der Waals surface area contributed by atoms with Crippen LogP contribution < -0.4 is 5.73 Å². The maximum Gasteiger partial charge on any atom is 0.231 e. The fraction of sp³-hybridized carbons (Fsp3) is 0.0833. The summed E-state index contributed by atoms with van der Waals surface area (Å²) in [5.41, 5.74) is 4.96. The highest BCUT2D eigenvalue weighted by Gasteiger charge is 2.18. The zero-order chi connectivity index (χ0) is 12.4. The van der Waals surface area contributed by atoms with Crippen LogP contribution in [0.3, 0.4) is 0 Å². The van der Waals surface area contributed by atoms with E-state index < -0.39 is 17.4 Å². The van der Waals surface area contributed by atoms with Crippen LogP contribution >= 0.6 is 0 Å². The summed E-state index contributed by atoms with van der Waals surface area (Å²) < 4.78 is 31.3. The average Bonchev–Trinajstić information content (AvgIpc) is 2.80. The zero-order valence-electron chi connectivity index (χ0n) is 8.74. The predicted molar refractivity (Wildman–Crippen MR) is 56.4 cm³/mol. The van der Waals surface area contributed by atoms with E-state index in [4.69, 9.17) is 10.2 Å². The summed E-state index contributed by atoms with van der Waals surface area (Å²) in [5, 5.41) is 0. The quantitative estimate of drug-likeness (QED) is 0.833. The minimum absolute atomic E-state index is 0.0602. The molecule has 0 aliphatic rings. The lowest BCUT2D eigenvalue weighted by Crippen LogP contribution is -2.04. The fourth-order valence-electron chi connectivity index (χ4n) is 1.41. The molecule has 2 rings (SSSR count). The first-order valence-electron chi connectivity index (χ1n) is 4.90. The van der Waals surface area contributed by atoms with Crippen molar-refractivity contribution in [3.05, 3.63) is 59.1 Å². The molecular weight excluding hydrogens is 228 g/mol. The number of hydrogen-bond acceptors (Lipinski definition) is 3. The van der Waals surface area contributed by atoms with Crippen LogP contribution in [0.15, 0.2) is 34.7 Å². The molecule has 2 aromatic rings. The molecule has 2 N–H and O–H groups in total. The van der Waals surface area contributed by atoms with Gasteiger partial charge < -0.3 is 10.2 Å². The first-order chi connectivity index (χ1) is 8.11. The third kappa shape index (κ3) is 2.24. The van der Waals surface area contributed by atoms with Gasteiger partial charge in [-0.2, -0.15) is 0 Å². The molecule has 17 heavy (non-hydrogen) atoms. The average molecular weight is 237 g/mol. The Bertz CT molecular complexity index is 563. The molecule has 0 amide bonds. The highest BCUT2D eigenvalue weighted by atomic mass is 19.1. The smallest absolute Gasteiger partial charge is 0.231 e. The lowest BCUT2D eigenvalue weighted by molar-refractivity contribution is 0.100. The Morgan fingerprint density at radius 3 is 2.65 bits per heavy atom. The van der Waals surface area contributed by atoms with E-state index >= 15 is 0 Å². The summed E-state index contributed by atoms with van der Waals surface area (Å²) in [6.45, 7) is 0.138. The molecule has 0 radical (unpaired) electrons. The number of halogens is 2. The Balaban J connectivity index is 2.39. The van der Waals surface area contributed by atoms with Crippen LogP contribution in [-0.4, -0.2) is 5.78 Å². The molecule has 0 unspecified atom stereocenters. The Morgan fingerprint density at radius 1 is 1.24 bits per heavy atom. The normalized spacial score (nSPS) is 10.5. The largest absolute Gasteiger partial charge is 0.456 e. The number of rotatable bonds is 3. The van der Waals surface area contributed by atoms with Gasteiger partial charge in [0.05, 0.1) is 12.1 Å². The Kier molecular flexibility index (Phi) is 3.01. The molecule has 0 atom stereocenters. The molecule has 0 fully saturated rings. The molecule has 0 spiro atoms. The molecule has 1 aromatic carbocycles. The maximum absolute atomic E-state index is 13.3. The molecule has 88 valence electrons. The number of carbonyl (C=O) groups excluding carboxylic acids is 1. The number of carbonyl (C=O) groups is 1. The van der Waals surface area contributed by atoms with Gasteiger partial charge in [0, 0.05) is 0 Å². The molecule has 0 bridgehead atoms. The molecule has 0 saturated heterocycles. The number of nitrogens with two attached hydrogens (primary N) is 1. The van der Waals surface area contributed by atoms with Crippen molar-refractivity contribution >= 4 is 5.78 Å². The lowest BCUT2D eigenvalue weighted by atomic mass is 10.1. The van der Waals surface area contributed by atoms with E-state index in [0.29, 0.717) is 5.76 Å². The second kappa shape index (κ2) is 4.47. The molecule has 1 heterocycles. The van der Waals surface area contributed by atoms with Crippen LogP contribution in [0.2, 0.25) is 0 Å². The van der Waals surface area contributed by atoms with Gasteiger partial charge in [-0.1, -0.05) is 0 Å². The fourth-order valence-corrected chi connectivity index (χ4v) is 1.41. The summed E-state index contributed by atoms with van der Waals surface area (Å²) in [5.74, 6) is -1.83. The van der Waals surface area contributed by atoms with E-state index in [1.165, 1.54) is 12.1 Å². The number of benzene rings is 1. The topological polar surface area (TPSA) is 56.2 Å². The summed E-state index contributed by atoms with van der Waals surface area (Å²) >= 11 is 0. The molecular formula is C12H9F2NO2. The van der Waals surface area contributed by atoms with Gasteiger partial charge in [0.15, 0.2) is 5.76 Å². The minimum Gasteiger partial charge on any atom is -0.456 e. The van der Waals surface area contributed by atoms with Crippen molar-refractivity contribution in [3.8, 4) is 0 Å². The van der Waals surface area contributed by atoms with Crippen molar-refractivity contribution in [1.82, 2.24) is 0 Å². The first kappa shape index (κ1) is 11.5. The second-order valence-electron chi connectivity index (χ2n) is 3.42. The molecule has 3 nitrogen and oxygen atoms in total. The van der Waals surface area contributed by atoms with Gasteiger partial charge in [0.1, 0.15) is 17.4 Å². The van der Waals surface area contributed by atoms with Gasteiger partial charge in [0.25, 0.3) is 0 Å². The third-order valence-electron chi connectivity index (χ3n) is 2.26. The molecule has 0 saturated carbocycles. The van der Waals surface area contributed by atoms with Crippen LogP contribution in [0.25, 0.3) is 0 Å². The predicted octanol–water partition coefficient (Wildman–Crippen LogP) is 2.25.